The van der Waals surface area contributed by atoms with Crippen molar-refractivity contribution in [3.8, 4) is 0 Å². The lowest BCUT2D eigenvalue weighted by Crippen LogP contribution is -2.39. The van der Waals surface area contributed by atoms with E-state index in [1.165, 1.54) is 0 Å². The Bertz CT molecular complexity index is 682. The molecule has 0 aliphatic carbocycles. The standard InChI is InChI=1S/C18H22N2O5/c1-11(2)12(3)19-15(22)10-25-18(23)16-14(21)9-24-17(16)20-13-7-5-4-6-8-13/h4-8,11-12,20H,9-10H2,1-3H3,(H,19,22)/t12-/m1/s1. The molecule has 0 saturated heterocycles. The lowest BCUT2D eigenvalue weighted by atomic mass is 10.1. The number of nitrogens with one attached hydrogen (secondary N) is 2. The van der Waals surface area contributed by atoms with E-state index < -0.39 is 24.3 Å². The van der Waals surface area contributed by atoms with Crippen LogP contribution in [0.25, 0.3) is 0 Å². The van der Waals surface area contributed by atoms with Gasteiger partial charge >= 0.3 is 5.97 Å². The largest absolute Gasteiger partial charge is 0.470 e. The van der Waals surface area contributed by atoms with Gasteiger partial charge in [0.2, 0.25) is 11.7 Å². The van der Waals surface area contributed by atoms with Gasteiger partial charge in [0.25, 0.3) is 5.91 Å². The zero-order valence-corrected chi connectivity index (χ0v) is 14.5. The van der Waals surface area contributed by atoms with Gasteiger partial charge in [-0.1, -0.05) is 32.0 Å². The van der Waals surface area contributed by atoms with Crippen LogP contribution in [0.15, 0.2) is 41.8 Å². The summed E-state index contributed by atoms with van der Waals surface area (Å²) in [7, 11) is 0. The molecule has 134 valence electrons. The maximum absolute atomic E-state index is 12.2. The van der Waals surface area contributed by atoms with Gasteiger partial charge in [0.1, 0.15) is 0 Å². The Balaban J connectivity index is 1.99. The molecule has 1 aliphatic rings. The first kappa shape index (κ1) is 18.5. The van der Waals surface area contributed by atoms with Crippen LogP contribution in [-0.4, -0.2) is 36.9 Å². The van der Waals surface area contributed by atoms with Crippen LogP contribution in [0.3, 0.4) is 0 Å². The summed E-state index contributed by atoms with van der Waals surface area (Å²) in [4.78, 5) is 35.9. The molecule has 1 aromatic carbocycles. The van der Waals surface area contributed by atoms with Crippen LogP contribution in [0.4, 0.5) is 5.69 Å². The molecule has 1 aliphatic heterocycles. The number of ketones is 1. The quantitative estimate of drug-likeness (QED) is 0.575. The van der Waals surface area contributed by atoms with E-state index >= 15 is 0 Å². The molecule has 0 spiro atoms. The van der Waals surface area contributed by atoms with Crippen LogP contribution in [0.1, 0.15) is 20.8 Å². The van der Waals surface area contributed by atoms with Crippen molar-refractivity contribution < 1.29 is 23.9 Å². The van der Waals surface area contributed by atoms with E-state index in [2.05, 4.69) is 10.6 Å². The molecular weight excluding hydrogens is 324 g/mol. The molecule has 25 heavy (non-hydrogen) atoms. The highest BCUT2D eigenvalue weighted by Crippen LogP contribution is 2.20. The van der Waals surface area contributed by atoms with Crippen LogP contribution in [0.5, 0.6) is 0 Å². The molecule has 2 N–H and O–H groups in total. The highest BCUT2D eigenvalue weighted by Gasteiger charge is 2.32. The third kappa shape index (κ3) is 5.07. The van der Waals surface area contributed by atoms with Crippen LogP contribution in [-0.2, 0) is 23.9 Å². The third-order valence-electron chi connectivity index (χ3n) is 3.81. The minimum absolute atomic E-state index is 0.0390. The molecule has 1 heterocycles. The number of Topliss-reactive ketones (excluding diaryl/α,β-unsaturated/α-hetero) is 1. The second kappa shape index (κ2) is 8.32. The number of ether oxygens (including phenoxy) is 2. The molecule has 0 radical (unpaired) electrons. The monoisotopic (exact) mass is 346 g/mol. The van der Waals surface area contributed by atoms with Gasteiger partial charge in [-0.25, -0.2) is 4.79 Å². The Hall–Kier alpha value is -2.83. The predicted octanol–water partition coefficient (Wildman–Crippen LogP) is 1.61. The van der Waals surface area contributed by atoms with E-state index in [-0.39, 0.29) is 30.0 Å². The summed E-state index contributed by atoms with van der Waals surface area (Å²) in [5.74, 6) is -1.49. The molecule has 0 unspecified atom stereocenters. The zero-order chi connectivity index (χ0) is 18.4. The van der Waals surface area contributed by atoms with Crippen LogP contribution >= 0.6 is 0 Å². The van der Waals surface area contributed by atoms with Crippen LogP contribution in [0, 0.1) is 5.92 Å². The fourth-order valence-corrected chi connectivity index (χ4v) is 2.03. The Morgan fingerprint density at radius 3 is 2.52 bits per heavy atom. The van der Waals surface area contributed by atoms with Gasteiger partial charge < -0.3 is 20.1 Å². The van der Waals surface area contributed by atoms with Gasteiger partial charge in [0.05, 0.1) is 0 Å². The topological polar surface area (TPSA) is 93.7 Å². The predicted molar refractivity (Wildman–Crippen MR) is 91.5 cm³/mol. The molecule has 1 aromatic rings. The molecule has 7 heteroatoms. The second-order valence-corrected chi connectivity index (χ2v) is 6.08. The maximum Gasteiger partial charge on any atom is 0.347 e. The summed E-state index contributed by atoms with van der Waals surface area (Å²) >= 11 is 0. The van der Waals surface area contributed by atoms with Gasteiger partial charge in [-0.05, 0) is 25.0 Å². The Labute approximate surface area is 146 Å². The molecule has 2 rings (SSSR count). The van der Waals surface area contributed by atoms with Crippen molar-refractivity contribution >= 4 is 23.3 Å². The number of carbonyl (C=O) groups excluding carboxylic acids is 3. The van der Waals surface area contributed by atoms with Crippen LogP contribution in [0.2, 0.25) is 0 Å². The first-order chi connectivity index (χ1) is 11.9. The van der Waals surface area contributed by atoms with Crippen molar-refractivity contribution in [3.05, 3.63) is 41.8 Å². The molecule has 1 atom stereocenters. The van der Waals surface area contributed by atoms with Crippen molar-refractivity contribution in [1.29, 1.82) is 0 Å². The number of hydrogen-bond donors (Lipinski definition) is 2. The van der Waals surface area contributed by atoms with E-state index in [0.717, 1.165) is 0 Å². The number of para-hydroxylation sites is 1. The van der Waals surface area contributed by atoms with E-state index in [0.29, 0.717) is 5.69 Å². The summed E-state index contributed by atoms with van der Waals surface area (Å²) in [5.41, 5.74) is 0.453. The summed E-state index contributed by atoms with van der Waals surface area (Å²) < 4.78 is 10.2. The summed E-state index contributed by atoms with van der Waals surface area (Å²) in [6.45, 7) is 5.11. The molecular formula is C18H22N2O5. The molecule has 0 aromatic heterocycles. The number of benzene rings is 1. The third-order valence-corrected chi connectivity index (χ3v) is 3.81. The SMILES string of the molecule is CC(C)[C@@H](C)NC(=O)COC(=O)C1=C(Nc2ccccc2)OCC1=O. The fraction of sp³-hybridized carbons (Fsp3) is 0.389. The van der Waals surface area contributed by atoms with Crippen molar-refractivity contribution in [1.82, 2.24) is 5.32 Å². The molecule has 0 saturated carbocycles. The molecule has 1 amide bonds. The lowest BCUT2D eigenvalue weighted by molar-refractivity contribution is -0.146. The lowest BCUT2D eigenvalue weighted by Gasteiger charge is -2.17. The maximum atomic E-state index is 12.2. The Kier molecular flexibility index (Phi) is 6.16. The van der Waals surface area contributed by atoms with Gasteiger partial charge in [-0.2, -0.15) is 0 Å². The summed E-state index contributed by atoms with van der Waals surface area (Å²) in [5, 5.41) is 5.60. The number of carbonyl (C=O) groups is 3. The van der Waals surface area contributed by atoms with Gasteiger partial charge in [0.15, 0.2) is 18.8 Å². The number of amides is 1. The first-order valence-corrected chi connectivity index (χ1v) is 8.07. The van der Waals surface area contributed by atoms with Crippen molar-refractivity contribution in [3.63, 3.8) is 0 Å². The van der Waals surface area contributed by atoms with Gasteiger partial charge in [0, 0.05) is 11.7 Å². The van der Waals surface area contributed by atoms with Crippen LogP contribution < -0.4 is 10.6 Å². The summed E-state index contributed by atoms with van der Waals surface area (Å²) in [6, 6.07) is 8.94. The molecule has 0 fully saturated rings. The van der Waals surface area contributed by atoms with E-state index in [1.54, 1.807) is 24.3 Å². The van der Waals surface area contributed by atoms with Crippen molar-refractivity contribution in [2.75, 3.05) is 18.5 Å². The smallest absolute Gasteiger partial charge is 0.347 e. The molecule has 0 bridgehead atoms. The average Bonchev–Trinajstić information content (AvgIpc) is 2.94. The Morgan fingerprint density at radius 1 is 1.20 bits per heavy atom. The average molecular weight is 346 g/mol. The minimum Gasteiger partial charge on any atom is -0.470 e. The zero-order valence-electron chi connectivity index (χ0n) is 14.5. The highest BCUT2D eigenvalue weighted by atomic mass is 16.5. The highest BCUT2D eigenvalue weighted by molar-refractivity contribution is 6.20. The van der Waals surface area contributed by atoms with Gasteiger partial charge in [-0.3, -0.25) is 9.59 Å². The normalized spacial score (nSPS) is 15.0. The van der Waals surface area contributed by atoms with Gasteiger partial charge in [-0.15, -0.1) is 0 Å². The van der Waals surface area contributed by atoms with Crippen molar-refractivity contribution in [2.45, 2.75) is 26.8 Å². The van der Waals surface area contributed by atoms with E-state index in [4.69, 9.17) is 9.47 Å². The number of anilines is 1. The second-order valence-electron chi connectivity index (χ2n) is 6.08. The minimum atomic E-state index is -0.881. The summed E-state index contributed by atoms with van der Waals surface area (Å²) in [6.07, 6.45) is 0. The number of hydrogen-bond acceptors (Lipinski definition) is 6. The number of rotatable bonds is 7. The first-order valence-electron chi connectivity index (χ1n) is 8.07. The van der Waals surface area contributed by atoms with Crippen molar-refractivity contribution in [2.24, 2.45) is 5.92 Å². The van der Waals surface area contributed by atoms with E-state index in [9.17, 15) is 14.4 Å². The Morgan fingerprint density at radius 2 is 1.88 bits per heavy atom. The fourth-order valence-electron chi connectivity index (χ4n) is 2.03. The molecule has 7 nitrogen and oxygen atoms in total. The van der Waals surface area contributed by atoms with E-state index in [1.807, 2.05) is 26.8 Å². The number of esters is 1.